The van der Waals surface area contributed by atoms with Gasteiger partial charge in [0, 0.05) is 12.2 Å². The van der Waals surface area contributed by atoms with Gasteiger partial charge in [-0.25, -0.2) is 13.1 Å². The molecular weight excluding hydrogens is 282 g/mol. The Balaban J connectivity index is 2.06. The van der Waals surface area contributed by atoms with Crippen molar-refractivity contribution in [3.63, 3.8) is 0 Å². The molecule has 0 radical (unpaired) electrons. The van der Waals surface area contributed by atoms with E-state index in [-0.39, 0.29) is 15.9 Å². The Kier molecular flexibility index (Phi) is 4.17. The van der Waals surface area contributed by atoms with Crippen LogP contribution in [0.4, 0.5) is 0 Å². The van der Waals surface area contributed by atoms with Crippen molar-refractivity contribution in [3.05, 3.63) is 24.0 Å². The Morgan fingerprint density at radius 1 is 1.58 bits per heavy atom. The molecule has 1 fully saturated rings. The first-order chi connectivity index (χ1) is 8.94. The van der Waals surface area contributed by atoms with Gasteiger partial charge in [0.25, 0.3) is 0 Å². The predicted molar refractivity (Wildman–Crippen MR) is 77.2 cm³/mol. The highest BCUT2D eigenvalue weighted by atomic mass is 32.2. The molecule has 5 nitrogen and oxygen atoms in total. The summed E-state index contributed by atoms with van der Waals surface area (Å²) in [4.78, 5) is 4.24. The first-order valence-electron chi connectivity index (χ1n) is 6.22. The Morgan fingerprint density at radius 2 is 2.32 bits per heavy atom. The summed E-state index contributed by atoms with van der Waals surface area (Å²) in [5.41, 5.74) is 5.84. The summed E-state index contributed by atoms with van der Waals surface area (Å²) in [7, 11) is -3.49. The Bertz CT molecular complexity index is 569. The van der Waals surface area contributed by atoms with Crippen LogP contribution in [0.2, 0.25) is 0 Å². The van der Waals surface area contributed by atoms with E-state index >= 15 is 0 Å². The molecule has 104 valence electrons. The minimum absolute atomic E-state index is 0.0696. The van der Waals surface area contributed by atoms with Gasteiger partial charge in [-0.15, -0.1) is 0 Å². The molecule has 0 amide bonds. The summed E-state index contributed by atoms with van der Waals surface area (Å²) in [6.07, 6.45) is 4.35. The second-order valence-electron chi connectivity index (χ2n) is 4.76. The third kappa shape index (κ3) is 3.49. The molecule has 0 saturated heterocycles. The lowest BCUT2D eigenvalue weighted by Gasteiger charge is -2.06. The summed E-state index contributed by atoms with van der Waals surface area (Å²) < 4.78 is 26.9. The minimum Gasteiger partial charge on any atom is -0.388 e. The lowest BCUT2D eigenvalue weighted by atomic mass is 10.2. The number of thiocarbonyl (C=S) groups is 1. The molecule has 1 aromatic heterocycles. The standard InChI is InChI=1S/C12H17N3O2S2/c1-2-3-8-6-11(8)15-19(16,17)9-4-5-10(12(13)18)14-7-9/h4-5,7-8,11,15H,2-3,6H2,1H3,(H2,13,18). The molecule has 2 atom stereocenters. The fourth-order valence-corrected chi connectivity index (χ4v) is 3.42. The maximum atomic E-state index is 12.1. The molecule has 1 aliphatic rings. The summed E-state index contributed by atoms with van der Waals surface area (Å²) in [5, 5.41) is 0. The first-order valence-corrected chi connectivity index (χ1v) is 8.11. The number of pyridine rings is 1. The van der Waals surface area contributed by atoms with Gasteiger partial charge in [-0.3, -0.25) is 4.98 Å². The molecule has 0 aliphatic heterocycles. The summed E-state index contributed by atoms with van der Waals surface area (Å²) in [6, 6.07) is 3.06. The van der Waals surface area contributed by atoms with E-state index in [0.29, 0.717) is 11.6 Å². The molecule has 0 aromatic carbocycles. The van der Waals surface area contributed by atoms with Crippen molar-refractivity contribution < 1.29 is 8.42 Å². The summed E-state index contributed by atoms with van der Waals surface area (Å²) >= 11 is 4.77. The van der Waals surface area contributed by atoms with Gasteiger partial charge >= 0.3 is 0 Å². The lowest BCUT2D eigenvalue weighted by molar-refractivity contribution is 0.572. The van der Waals surface area contributed by atoms with Crippen molar-refractivity contribution in [2.45, 2.75) is 37.1 Å². The minimum atomic E-state index is -3.49. The molecule has 19 heavy (non-hydrogen) atoms. The SMILES string of the molecule is CCCC1CC1NS(=O)(=O)c1ccc(C(N)=S)nc1. The Hall–Kier alpha value is -1.05. The molecule has 2 unspecified atom stereocenters. The van der Waals surface area contributed by atoms with Crippen LogP contribution in [0.5, 0.6) is 0 Å². The van der Waals surface area contributed by atoms with Crippen LogP contribution in [0, 0.1) is 5.92 Å². The van der Waals surface area contributed by atoms with Crippen LogP contribution < -0.4 is 10.5 Å². The van der Waals surface area contributed by atoms with E-state index < -0.39 is 10.0 Å². The third-order valence-corrected chi connectivity index (χ3v) is 4.87. The average Bonchev–Trinajstić information content (AvgIpc) is 3.07. The molecular formula is C12H17N3O2S2. The van der Waals surface area contributed by atoms with Crippen LogP contribution in [0.3, 0.4) is 0 Å². The molecule has 7 heteroatoms. The monoisotopic (exact) mass is 299 g/mol. The van der Waals surface area contributed by atoms with Gasteiger partial charge in [0.15, 0.2) is 0 Å². The second-order valence-corrected chi connectivity index (χ2v) is 6.91. The average molecular weight is 299 g/mol. The highest BCUT2D eigenvalue weighted by Crippen LogP contribution is 2.35. The van der Waals surface area contributed by atoms with Gasteiger partial charge < -0.3 is 5.73 Å². The molecule has 1 saturated carbocycles. The lowest BCUT2D eigenvalue weighted by Crippen LogP contribution is -2.27. The fraction of sp³-hybridized carbons (Fsp3) is 0.500. The molecule has 3 N–H and O–H groups in total. The van der Waals surface area contributed by atoms with Crippen molar-refractivity contribution >= 4 is 27.2 Å². The van der Waals surface area contributed by atoms with Gasteiger partial charge in [0.05, 0.1) is 5.69 Å². The quantitative estimate of drug-likeness (QED) is 0.771. The molecule has 1 aromatic rings. The third-order valence-electron chi connectivity index (χ3n) is 3.19. The molecule has 2 rings (SSSR count). The van der Waals surface area contributed by atoms with E-state index in [2.05, 4.69) is 16.6 Å². The maximum Gasteiger partial charge on any atom is 0.242 e. The molecule has 1 aliphatic carbocycles. The van der Waals surface area contributed by atoms with Crippen molar-refractivity contribution in [1.82, 2.24) is 9.71 Å². The zero-order chi connectivity index (χ0) is 14.0. The largest absolute Gasteiger partial charge is 0.388 e. The number of rotatable bonds is 6. The van der Waals surface area contributed by atoms with E-state index in [1.165, 1.54) is 18.3 Å². The molecule has 0 spiro atoms. The number of nitrogens with zero attached hydrogens (tertiary/aromatic N) is 1. The fourth-order valence-electron chi connectivity index (χ4n) is 2.03. The smallest absolute Gasteiger partial charge is 0.242 e. The highest BCUT2D eigenvalue weighted by molar-refractivity contribution is 7.89. The first kappa shape index (κ1) is 14.4. The van der Waals surface area contributed by atoms with Crippen LogP contribution in [0.1, 0.15) is 31.9 Å². The van der Waals surface area contributed by atoms with E-state index in [4.69, 9.17) is 18.0 Å². The van der Waals surface area contributed by atoms with Crippen molar-refractivity contribution in [2.24, 2.45) is 11.7 Å². The van der Waals surface area contributed by atoms with Crippen LogP contribution in [-0.2, 0) is 10.0 Å². The van der Waals surface area contributed by atoms with Gasteiger partial charge in [-0.1, -0.05) is 25.6 Å². The van der Waals surface area contributed by atoms with Crippen molar-refractivity contribution in [1.29, 1.82) is 0 Å². The number of nitrogens with two attached hydrogens (primary N) is 1. The zero-order valence-corrected chi connectivity index (χ0v) is 12.3. The predicted octanol–water partition coefficient (Wildman–Crippen LogP) is 1.18. The van der Waals surface area contributed by atoms with E-state index in [1.54, 1.807) is 0 Å². The highest BCUT2D eigenvalue weighted by Gasteiger charge is 2.39. The number of aromatic nitrogens is 1. The normalized spacial score (nSPS) is 22.2. The topological polar surface area (TPSA) is 85.1 Å². The van der Waals surface area contributed by atoms with E-state index in [1.807, 2.05) is 0 Å². The second kappa shape index (κ2) is 5.52. The van der Waals surface area contributed by atoms with Crippen LogP contribution in [0.25, 0.3) is 0 Å². The van der Waals surface area contributed by atoms with Crippen LogP contribution in [-0.4, -0.2) is 24.4 Å². The number of hydrogen-bond acceptors (Lipinski definition) is 4. The Labute approximate surface area is 118 Å². The van der Waals surface area contributed by atoms with Gasteiger partial charge in [-0.2, -0.15) is 0 Å². The van der Waals surface area contributed by atoms with Gasteiger partial charge in [0.1, 0.15) is 9.88 Å². The Morgan fingerprint density at radius 3 is 2.84 bits per heavy atom. The summed E-state index contributed by atoms with van der Waals surface area (Å²) in [6.45, 7) is 2.10. The molecule has 0 bridgehead atoms. The van der Waals surface area contributed by atoms with Crippen molar-refractivity contribution in [2.75, 3.05) is 0 Å². The number of nitrogens with one attached hydrogen (secondary N) is 1. The van der Waals surface area contributed by atoms with E-state index in [0.717, 1.165) is 19.3 Å². The van der Waals surface area contributed by atoms with E-state index in [9.17, 15) is 8.42 Å². The van der Waals surface area contributed by atoms with Crippen LogP contribution in [0.15, 0.2) is 23.2 Å². The van der Waals surface area contributed by atoms with Crippen molar-refractivity contribution in [3.8, 4) is 0 Å². The maximum absolute atomic E-state index is 12.1. The number of sulfonamides is 1. The number of hydrogen-bond donors (Lipinski definition) is 2. The zero-order valence-electron chi connectivity index (χ0n) is 10.7. The molecule has 1 heterocycles. The van der Waals surface area contributed by atoms with Crippen LogP contribution >= 0.6 is 12.2 Å². The van der Waals surface area contributed by atoms with Gasteiger partial charge in [0.2, 0.25) is 10.0 Å². The van der Waals surface area contributed by atoms with Gasteiger partial charge in [-0.05, 0) is 30.9 Å². The summed E-state index contributed by atoms with van der Waals surface area (Å²) in [5.74, 6) is 0.476.